The highest BCUT2D eigenvalue weighted by atomic mass is 16.4. The Labute approximate surface area is 110 Å². The van der Waals surface area contributed by atoms with Gasteiger partial charge in [0.15, 0.2) is 0 Å². The lowest BCUT2D eigenvalue weighted by atomic mass is 10.0. The first-order valence-electron chi connectivity index (χ1n) is 7.41. The van der Waals surface area contributed by atoms with Crippen molar-refractivity contribution in [2.75, 3.05) is 26.2 Å². The van der Waals surface area contributed by atoms with Crippen molar-refractivity contribution in [3.8, 4) is 0 Å². The van der Waals surface area contributed by atoms with Crippen LogP contribution in [-0.2, 0) is 4.79 Å². The second-order valence-electron chi connectivity index (χ2n) is 5.85. The largest absolute Gasteiger partial charge is 0.481 e. The Morgan fingerprint density at radius 3 is 2.72 bits per heavy atom. The summed E-state index contributed by atoms with van der Waals surface area (Å²) in [5, 5.41) is 12.0. The molecule has 1 aliphatic carbocycles. The minimum absolute atomic E-state index is 0.235. The number of hydrogen-bond acceptors (Lipinski definition) is 3. The van der Waals surface area contributed by atoms with Gasteiger partial charge in [0.2, 0.25) is 0 Å². The van der Waals surface area contributed by atoms with Gasteiger partial charge in [0, 0.05) is 25.7 Å². The number of carbonyl (C=O) groups is 1. The molecule has 0 amide bonds. The normalized spacial score (nSPS) is 26.6. The molecule has 1 unspecified atom stereocenters. The summed E-state index contributed by atoms with van der Waals surface area (Å²) < 4.78 is 0. The molecule has 2 N–H and O–H groups in total. The number of nitrogens with zero attached hydrogens (tertiary/aromatic N) is 1. The number of hydrogen-bond donors (Lipinski definition) is 2. The topological polar surface area (TPSA) is 52.6 Å². The maximum absolute atomic E-state index is 10.5. The monoisotopic (exact) mass is 254 g/mol. The van der Waals surface area contributed by atoms with Crippen LogP contribution >= 0.6 is 0 Å². The maximum atomic E-state index is 10.5. The molecule has 0 spiro atoms. The summed E-state index contributed by atoms with van der Waals surface area (Å²) in [5.74, 6) is 0.212. The molecule has 4 nitrogen and oxygen atoms in total. The Kier molecular flexibility index (Phi) is 5.45. The van der Waals surface area contributed by atoms with E-state index in [1.807, 2.05) is 0 Å². The van der Waals surface area contributed by atoms with E-state index in [1.54, 1.807) is 0 Å². The summed E-state index contributed by atoms with van der Waals surface area (Å²) in [6.07, 6.45) is 8.33. The first-order chi connectivity index (χ1) is 8.74. The molecular weight excluding hydrogens is 228 g/mol. The van der Waals surface area contributed by atoms with E-state index >= 15 is 0 Å². The average Bonchev–Trinajstić information content (AvgIpc) is 2.82. The zero-order valence-electron chi connectivity index (χ0n) is 11.2. The van der Waals surface area contributed by atoms with Crippen LogP contribution in [0.15, 0.2) is 0 Å². The van der Waals surface area contributed by atoms with Gasteiger partial charge in [-0.3, -0.25) is 4.79 Å². The summed E-state index contributed by atoms with van der Waals surface area (Å²) in [4.78, 5) is 13.1. The van der Waals surface area contributed by atoms with E-state index in [2.05, 4.69) is 10.2 Å². The van der Waals surface area contributed by atoms with E-state index in [1.165, 1.54) is 51.6 Å². The van der Waals surface area contributed by atoms with Crippen molar-refractivity contribution in [2.24, 2.45) is 5.92 Å². The van der Waals surface area contributed by atoms with Gasteiger partial charge in [-0.15, -0.1) is 0 Å². The second kappa shape index (κ2) is 7.10. The van der Waals surface area contributed by atoms with Gasteiger partial charge in [0.05, 0.1) is 6.42 Å². The van der Waals surface area contributed by atoms with Gasteiger partial charge in [0.25, 0.3) is 0 Å². The molecule has 1 saturated carbocycles. The summed E-state index contributed by atoms with van der Waals surface area (Å²) >= 11 is 0. The lowest BCUT2D eigenvalue weighted by Gasteiger charge is -2.34. The number of aliphatic carboxylic acids is 1. The molecule has 1 saturated heterocycles. The van der Waals surface area contributed by atoms with Gasteiger partial charge >= 0.3 is 5.97 Å². The van der Waals surface area contributed by atoms with Crippen LogP contribution in [-0.4, -0.2) is 48.2 Å². The van der Waals surface area contributed by atoms with Crippen LogP contribution in [0.25, 0.3) is 0 Å². The van der Waals surface area contributed by atoms with E-state index in [9.17, 15) is 4.79 Å². The summed E-state index contributed by atoms with van der Waals surface area (Å²) in [5.41, 5.74) is 0. The number of likely N-dealkylation sites (tertiary alicyclic amines) is 1. The Morgan fingerprint density at radius 2 is 2.00 bits per heavy atom. The number of carboxylic acid groups (broad SMARTS) is 1. The highest BCUT2D eigenvalue weighted by Crippen LogP contribution is 2.26. The van der Waals surface area contributed by atoms with Crippen LogP contribution in [0, 0.1) is 5.92 Å². The average molecular weight is 254 g/mol. The zero-order chi connectivity index (χ0) is 12.8. The van der Waals surface area contributed by atoms with Crippen LogP contribution in [0.3, 0.4) is 0 Å². The fourth-order valence-electron chi connectivity index (χ4n) is 3.33. The quantitative estimate of drug-likeness (QED) is 0.757. The molecule has 4 heteroatoms. The smallest absolute Gasteiger partial charge is 0.304 e. The highest BCUT2D eigenvalue weighted by Gasteiger charge is 2.23. The molecular formula is C14H26N2O2. The SMILES string of the molecule is O=C(O)CCNC1CCCN(CC2CCCC2)C1. The van der Waals surface area contributed by atoms with E-state index < -0.39 is 5.97 Å². The van der Waals surface area contributed by atoms with Crippen molar-refractivity contribution >= 4 is 5.97 Å². The molecule has 104 valence electrons. The second-order valence-corrected chi connectivity index (χ2v) is 5.85. The van der Waals surface area contributed by atoms with Crippen molar-refractivity contribution in [3.63, 3.8) is 0 Å². The molecule has 0 bridgehead atoms. The first-order valence-corrected chi connectivity index (χ1v) is 7.41. The third kappa shape index (κ3) is 4.58. The lowest BCUT2D eigenvalue weighted by Crippen LogP contribution is -2.47. The van der Waals surface area contributed by atoms with Crippen molar-refractivity contribution in [2.45, 2.75) is 51.0 Å². The number of nitrogens with one attached hydrogen (secondary N) is 1. The first kappa shape index (κ1) is 13.8. The van der Waals surface area contributed by atoms with Crippen molar-refractivity contribution < 1.29 is 9.90 Å². The number of rotatable bonds is 6. The van der Waals surface area contributed by atoms with Gasteiger partial charge < -0.3 is 15.3 Å². The molecule has 1 atom stereocenters. The van der Waals surface area contributed by atoms with Gasteiger partial charge in [0.1, 0.15) is 0 Å². The molecule has 0 radical (unpaired) electrons. The molecule has 0 aromatic rings. The fraction of sp³-hybridized carbons (Fsp3) is 0.929. The Hall–Kier alpha value is -0.610. The van der Waals surface area contributed by atoms with Crippen molar-refractivity contribution in [1.82, 2.24) is 10.2 Å². The van der Waals surface area contributed by atoms with Crippen LogP contribution in [0.2, 0.25) is 0 Å². The van der Waals surface area contributed by atoms with Crippen LogP contribution in [0.1, 0.15) is 44.9 Å². The highest BCUT2D eigenvalue weighted by molar-refractivity contribution is 5.66. The predicted octanol–water partition coefficient (Wildman–Crippen LogP) is 1.71. The van der Waals surface area contributed by atoms with E-state index in [0.717, 1.165) is 12.5 Å². The molecule has 2 fully saturated rings. The molecule has 0 aromatic carbocycles. The van der Waals surface area contributed by atoms with Gasteiger partial charge in [-0.05, 0) is 38.1 Å². The van der Waals surface area contributed by atoms with Crippen molar-refractivity contribution in [1.29, 1.82) is 0 Å². The fourth-order valence-corrected chi connectivity index (χ4v) is 3.33. The summed E-state index contributed by atoms with van der Waals surface area (Å²) in [6.45, 7) is 4.21. The predicted molar refractivity (Wildman–Crippen MR) is 71.7 cm³/mol. The van der Waals surface area contributed by atoms with Crippen molar-refractivity contribution in [3.05, 3.63) is 0 Å². The molecule has 2 rings (SSSR count). The van der Waals surface area contributed by atoms with Crippen LogP contribution < -0.4 is 5.32 Å². The van der Waals surface area contributed by atoms with E-state index in [-0.39, 0.29) is 6.42 Å². The third-order valence-corrected chi connectivity index (χ3v) is 4.27. The van der Waals surface area contributed by atoms with E-state index in [4.69, 9.17) is 5.11 Å². The maximum Gasteiger partial charge on any atom is 0.304 e. The Morgan fingerprint density at radius 1 is 1.22 bits per heavy atom. The van der Waals surface area contributed by atoms with Gasteiger partial charge in [-0.25, -0.2) is 0 Å². The molecule has 1 heterocycles. The zero-order valence-corrected chi connectivity index (χ0v) is 11.2. The van der Waals surface area contributed by atoms with Crippen LogP contribution in [0.4, 0.5) is 0 Å². The standard InChI is InChI=1S/C14H26N2O2/c17-14(18)7-8-15-13-6-3-9-16(11-13)10-12-4-1-2-5-12/h12-13,15H,1-11H2,(H,17,18). The number of carboxylic acids is 1. The summed E-state index contributed by atoms with van der Waals surface area (Å²) in [7, 11) is 0. The summed E-state index contributed by atoms with van der Waals surface area (Å²) in [6, 6.07) is 0.500. The molecule has 0 aromatic heterocycles. The molecule has 2 aliphatic rings. The van der Waals surface area contributed by atoms with Gasteiger partial charge in [-0.2, -0.15) is 0 Å². The molecule has 1 aliphatic heterocycles. The molecule has 18 heavy (non-hydrogen) atoms. The Balaban J connectivity index is 1.65. The third-order valence-electron chi connectivity index (χ3n) is 4.27. The minimum Gasteiger partial charge on any atom is -0.481 e. The minimum atomic E-state index is -0.707. The van der Waals surface area contributed by atoms with Gasteiger partial charge in [-0.1, -0.05) is 12.8 Å². The lowest BCUT2D eigenvalue weighted by molar-refractivity contribution is -0.136. The Bertz CT molecular complexity index is 265. The number of piperidine rings is 1. The van der Waals surface area contributed by atoms with E-state index in [0.29, 0.717) is 12.6 Å². The van der Waals surface area contributed by atoms with Crippen LogP contribution in [0.5, 0.6) is 0 Å².